The molecule has 0 aliphatic carbocycles. The number of aliphatic hydroxyl groups excluding tert-OH is 4. The second kappa shape index (κ2) is 11.6. The smallest absolute Gasteiger partial charge is 0.228 e. The summed E-state index contributed by atoms with van der Waals surface area (Å²) < 4.78 is 35.0. The standard InChI is InChI=1S/C31H30O14/c1-40-21-6-13(7-22(41-2)25(21)36)29-30(45-31-28(39)27(38)26(37)23(11-32)44-31)15-10-18(12-3-4-16(34)17(35)5-12)42-19-8-14(33)9-20(43-29)24(15)19/h3-10,23,26-29,31-39H,11H2,1-2H3. The number of hydrogen-bond donors (Lipinski definition) is 8. The maximum Gasteiger partial charge on any atom is 0.228 e. The van der Waals surface area contributed by atoms with Crippen LogP contribution in [0.1, 0.15) is 22.8 Å². The summed E-state index contributed by atoms with van der Waals surface area (Å²) in [6.45, 7) is -0.697. The second-order valence-electron chi connectivity index (χ2n) is 10.5. The number of benzene rings is 3. The zero-order valence-corrected chi connectivity index (χ0v) is 23.8. The number of hydrogen-bond acceptors (Lipinski definition) is 14. The topological polar surface area (TPSA) is 217 Å². The van der Waals surface area contributed by atoms with Gasteiger partial charge in [0.1, 0.15) is 47.4 Å². The Bertz CT molecular complexity index is 1670. The van der Waals surface area contributed by atoms with E-state index >= 15 is 0 Å². The molecule has 6 atom stereocenters. The van der Waals surface area contributed by atoms with E-state index in [0.717, 1.165) is 0 Å². The first-order chi connectivity index (χ1) is 21.5. The molecule has 0 saturated carbocycles. The number of aliphatic hydroxyl groups is 4. The summed E-state index contributed by atoms with van der Waals surface area (Å²) in [6, 6.07) is 9.60. The molecule has 8 N–H and O–H groups in total. The molecular formula is C31H30O14. The van der Waals surface area contributed by atoms with Gasteiger partial charge in [0.25, 0.3) is 0 Å². The number of phenols is 4. The van der Waals surface area contributed by atoms with Crippen molar-refractivity contribution in [1.82, 2.24) is 0 Å². The van der Waals surface area contributed by atoms with Crippen molar-refractivity contribution in [3.63, 3.8) is 0 Å². The van der Waals surface area contributed by atoms with E-state index in [1.54, 1.807) is 6.08 Å². The van der Waals surface area contributed by atoms with Gasteiger partial charge >= 0.3 is 0 Å². The Labute approximate surface area is 255 Å². The summed E-state index contributed by atoms with van der Waals surface area (Å²) in [5.41, 5.74) is 1.27. The van der Waals surface area contributed by atoms with Gasteiger partial charge in [0, 0.05) is 28.8 Å². The van der Waals surface area contributed by atoms with Crippen molar-refractivity contribution in [3.05, 3.63) is 71.0 Å². The molecule has 3 aliphatic rings. The summed E-state index contributed by atoms with van der Waals surface area (Å²) in [7, 11) is 2.67. The Morgan fingerprint density at radius 1 is 0.800 bits per heavy atom. The van der Waals surface area contributed by atoms with E-state index in [9.17, 15) is 40.9 Å². The van der Waals surface area contributed by atoms with Gasteiger partial charge in [-0.25, -0.2) is 0 Å². The molecule has 6 rings (SSSR count). The van der Waals surface area contributed by atoms with Gasteiger partial charge in [-0.2, -0.15) is 0 Å². The van der Waals surface area contributed by atoms with Crippen LogP contribution in [0.2, 0.25) is 0 Å². The van der Waals surface area contributed by atoms with Crippen LogP contribution in [-0.4, -0.2) is 92.4 Å². The molecule has 1 fully saturated rings. The molecule has 14 nitrogen and oxygen atoms in total. The van der Waals surface area contributed by atoms with E-state index in [1.807, 2.05) is 0 Å². The van der Waals surface area contributed by atoms with Crippen molar-refractivity contribution in [2.75, 3.05) is 20.8 Å². The van der Waals surface area contributed by atoms with Crippen LogP contribution in [0, 0.1) is 0 Å². The maximum absolute atomic E-state index is 10.9. The van der Waals surface area contributed by atoms with Crippen molar-refractivity contribution in [2.45, 2.75) is 36.8 Å². The monoisotopic (exact) mass is 626 g/mol. The predicted molar refractivity (Wildman–Crippen MR) is 153 cm³/mol. The van der Waals surface area contributed by atoms with Crippen LogP contribution in [-0.2, 0) is 9.47 Å². The minimum Gasteiger partial charge on any atom is -0.508 e. The molecule has 0 aromatic heterocycles. The van der Waals surface area contributed by atoms with Gasteiger partial charge < -0.3 is 69.3 Å². The molecule has 14 heteroatoms. The zero-order chi connectivity index (χ0) is 32.2. The molecular weight excluding hydrogens is 596 g/mol. The molecule has 3 aliphatic heterocycles. The summed E-state index contributed by atoms with van der Waals surface area (Å²) in [4.78, 5) is 0. The normalized spacial score (nSPS) is 25.4. The quantitative estimate of drug-likeness (QED) is 0.175. The van der Waals surface area contributed by atoms with Crippen LogP contribution in [0.15, 0.2) is 54.3 Å². The van der Waals surface area contributed by atoms with Gasteiger partial charge in [-0.05, 0) is 36.4 Å². The lowest BCUT2D eigenvalue weighted by atomic mass is 9.91. The minimum atomic E-state index is -1.78. The molecule has 1 saturated heterocycles. The highest BCUT2D eigenvalue weighted by Crippen LogP contribution is 2.54. The number of methoxy groups -OCH3 is 2. The average molecular weight is 627 g/mol. The van der Waals surface area contributed by atoms with E-state index in [-0.39, 0.29) is 51.8 Å². The van der Waals surface area contributed by atoms with Crippen LogP contribution < -0.4 is 18.9 Å². The maximum atomic E-state index is 10.9. The van der Waals surface area contributed by atoms with Crippen LogP contribution in [0.5, 0.6) is 46.0 Å². The largest absolute Gasteiger partial charge is 0.508 e. The highest BCUT2D eigenvalue weighted by molar-refractivity contribution is 5.93. The number of rotatable bonds is 7. The Hall–Kier alpha value is -4.86. The summed E-state index contributed by atoms with van der Waals surface area (Å²) in [5, 5.41) is 82.6. The Morgan fingerprint density at radius 3 is 2.13 bits per heavy atom. The van der Waals surface area contributed by atoms with E-state index in [1.165, 1.54) is 56.7 Å². The molecule has 0 spiro atoms. The molecule has 0 amide bonds. The lowest BCUT2D eigenvalue weighted by Crippen LogP contribution is -2.59. The third-order valence-corrected chi connectivity index (χ3v) is 7.72. The fraction of sp³-hybridized carbons (Fsp3) is 0.290. The second-order valence-corrected chi connectivity index (χ2v) is 10.5. The minimum absolute atomic E-state index is 0.0163. The van der Waals surface area contributed by atoms with Gasteiger partial charge in [-0.3, -0.25) is 0 Å². The van der Waals surface area contributed by atoms with Gasteiger partial charge in [0.05, 0.1) is 26.4 Å². The third kappa shape index (κ3) is 5.18. The molecule has 0 bridgehead atoms. The third-order valence-electron chi connectivity index (χ3n) is 7.72. The van der Waals surface area contributed by atoms with Gasteiger partial charge in [0.2, 0.25) is 12.0 Å². The first-order valence-electron chi connectivity index (χ1n) is 13.7. The molecule has 0 radical (unpaired) electrons. The summed E-state index contributed by atoms with van der Waals surface area (Å²) in [5.74, 6) is -0.814. The van der Waals surface area contributed by atoms with Crippen LogP contribution >= 0.6 is 0 Å². The fourth-order valence-corrected chi connectivity index (χ4v) is 5.40. The summed E-state index contributed by atoms with van der Waals surface area (Å²) in [6.07, 6.45) is -7.74. The van der Waals surface area contributed by atoms with Crippen molar-refractivity contribution < 1.29 is 69.3 Å². The van der Waals surface area contributed by atoms with E-state index < -0.39 is 49.2 Å². The molecule has 6 unspecified atom stereocenters. The first-order valence-corrected chi connectivity index (χ1v) is 13.7. The van der Waals surface area contributed by atoms with Gasteiger partial charge in [-0.15, -0.1) is 0 Å². The highest BCUT2D eigenvalue weighted by atomic mass is 16.7. The Balaban J connectivity index is 1.59. The lowest BCUT2D eigenvalue weighted by Gasteiger charge is -2.42. The van der Waals surface area contributed by atoms with E-state index in [4.69, 9.17) is 28.4 Å². The van der Waals surface area contributed by atoms with Crippen LogP contribution in [0.4, 0.5) is 0 Å². The SMILES string of the molecule is COc1cc(C2Oc3cc(O)cc4c3C(=C2OC2OC(CO)C(O)C(O)C2O)C=C(c2ccc(O)c(O)c2)O4)cc(OC)c1O. The van der Waals surface area contributed by atoms with Crippen LogP contribution in [0.25, 0.3) is 11.3 Å². The first kappa shape index (κ1) is 30.2. The molecule has 3 heterocycles. The average Bonchev–Trinajstić information content (AvgIpc) is 3.03. The number of allylic oxidation sites excluding steroid dienone is 2. The van der Waals surface area contributed by atoms with E-state index in [0.29, 0.717) is 22.3 Å². The Kier molecular flexibility index (Phi) is 7.76. The van der Waals surface area contributed by atoms with Crippen LogP contribution in [0.3, 0.4) is 0 Å². The van der Waals surface area contributed by atoms with Crippen molar-refractivity contribution >= 4 is 11.3 Å². The molecule has 45 heavy (non-hydrogen) atoms. The number of aromatic hydroxyl groups is 4. The van der Waals surface area contributed by atoms with Gasteiger partial charge in [-0.1, -0.05) is 0 Å². The number of ether oxygens (including phenoxy) is 6. The Morgan fingerprint density at radius 2 is 1.49 bits per heavy atom. The highest BCUT2D eigenvalue weighted by Gasteiger charge is 2.47. The van der Waals surface area contributed by atoms with Crippen molar-refractivity contribution in [3.8, 4) is 46.0 Å². The molecule has 238 valence electrons. The lowest BCUT2D eigenvalue weighted by molar-refractivity contribution is -0.293. The van der Waals surface area contributed by atoms with Gasteiger partial charge in [0.15, 0.2) is 34.9 Å². The fourth-order valence-electron chi connectivity index (χ4n) is 5.40. The summed E-state index contributed by atoms with van der Waals surface area (Å²) >= 11 is 0. The molecule has 3 aromatic carbocycles. The van der Waals surface area contributed by atoms with Crippen molar-refractivity contribution in [2.24, 2.45) is 0 Å². The number of phenolic OH excluding ortho intramolecular Hbond substituents is 4. The predicted octanol–water partition coefficient (Wildman–Crippen LogP) is 1.62. The van der Waals surface area contributed by atoms with Crippen molar-refractivity contribution in [1.29, 1.82) is 0 Å². The zero-order valence-electron chi connectivity index (χ0n) is 23.8. The van der Waals surface area contributed by atoms with E-state index in [2.05, 4.69) is 0 Å². The molecule has 3 aromatic rings.